The van der Waals surface area contributed by atoms with E-state index < -0.39 is 55.4 Å². The highest BCUT2D eigenvalue weighted by Crippen LogP contribution is 2.22. The minimum absolute atomic E-state index is 0.199. The van der Waals surface area contributed by atoms with Crippen molar-refractivity contribution in [1.82, 2.24) is 0 Å². The van der Waals surface area contributed by atoms with Crippen molar-refractivity contribution in [3.05, 3.63) is 48.6 Å². The Morgan fingerprint density at radius 2 is 1.12 bits per heavy atom. The number of rotatable bonds is 31. The van der Waals surface area contributed by atoms with Crippen LogP contribution in [0.25, 0.3) is 0 Å². The van der Waals surface area contributed by atoms with E-state index in [1.807, 2.05) is 6.08 Å². The van der Waals surface area contributed by atoms with Crippen LogP contribution >= 0.6 is 0 Å². The Hall–Kier alpha value is -2.34. The zero-order chi connectivity index (χ0) is 37.4. The molecule has 10 nitrogen and oxygen atoms in total. The smallest absolute Gasteiger partial charge is 0.306 e. The summed E-state index contributed by atoms with van der Waals surface area (Å²) in [6, 6.07) is 0. The monoisotopic (exact) mass is 722 g/mol. The van der Waals surface area contributed by atoms with Crippen LogP contribution < -0.4 is 0 Å². The largest absolute Gasteiger partial charge is 0.462 e. The summed E-state index contributed by atoms with van der Waals surface area (Å²) in [5.41, 5.74) is 0. The molecular weight excluding hydrogens is 652 g/mol. The highest BCUT2D eigenvalue weighted by atomic mass is 16.7. The molecule has 1 fully saturated rings. The molecule has 1 saturated heterocycles. The molecule has 0 spiro atoms. The predicted molar refractivity (Wildman–Crippen MR) is 201 cm³/mol. The minimum atomic E-state index is -1.60. The van der Waals surface area contributed by atoms with Crippen LogP contribution in [0.5, 0.6) is 0 Å². The summed E-state index contributed by atoms with van der Waals surface area (Å²) in [6.45, 7) is 3.29. The Labute approximate surface area is 308 Å². The predicted octanol–water partition coefficient (Wildman–Crippen LogP) is 7.32. The molecule has 0 bridgehead atoms. The Bertz CT molecular complexity index is 975. The van der Waals surface area contributed by atoms with Gasteiger partial charge in [0.25, 0.3) is 0 Å². The Balaban J connectivity index is 2.42. The molecule has 0 aromatic carbocycles. The number of allylic oxidation sites excluding steroid dienone is 8. The van der Waals surface area contributed by atoms with Crippen molar-refractivity contribution in [2.24, 2.45) is 0 Å². The molecule has 0 saturated carbocycles. The molecule has 0 aromatic rings. The summed E-state index contributed by atoms with van der Waals surface area (Å²) >= 11 is 0. The van der Waals surface area contributed by atoms with Crippen molar-refractivity contribution in [3.63, 3.8) is 0 Å². The standard InChI is InChI=1S/C41H70O10/c1-3-5-7-9-11-13-14-15-16-17-18-19-20-22-23-25-27-29-36(43)48-32-34(33-49-41-40(47)39(46)38(45)35(31-42)51-41)50-37(44)30-28-26-24-21-12-10-8-6-4-2/h11,13,15-16,18-19,22-23,34-35,38-42,45-47H,3-10,12,14,17,20-21,24-33H2,1-2H3/b13-11+,16-15+,19-18+,23-22+/t34-,35-,38+,39?,40?,41-/m0/s1. The number of carbonyl (C=O) groups is 2. The van der Waals surface area contributed by atoms with Gasteiger partial charge in [0.15, 0.2) is 12.4 Å². The summed E-state index contributed by atoms with van der Waals surface area (Å²) in [7, 11) is 0. The fourth-order valence-corrected chi connectivity index (χ4v) is 5.53. The first kappa shape index (κ1) is 46.7. The molecule has 0 aliphatic carbocycles. The zero-order valence-corrected chi connectivity index (χ0v) is 31.6. The van der Waals surface area contributed by atoms with E-state index in [0.717, 1.165) is 44.9 Å². The van der Waals surface area contributed by atoms with E-state index in [0.29, 0.717) is 12.8 Å². The molecule has 1 heterocycles. The van der Waals surface area contributed by atoms with Crippen LogP contribution in [0.1, 0.15) is 142 Å². The van der Waals surface area contributed by atoms with Crippen LogP contribution in [0, 0.1) is 0 Å². The fraction of sp³-hybridized carbons (Fsp3) is 0.756. The van der Waals surface area contributed by atoms with Crippen molar-refractivity contribution in [2.75, 3.05) is 19.8 Å². The van der Waals surface area contributed by atoms with Gasteiger partial charge < -0.3 is 39.4 Å². The average molecular weight is 723 g/mol. The van der Waals surface area contributed by atoms with Gasteiger partial charge in [-0.3, -0.25) is 9.59 Å². The first-order valence-electron chi connectivity index (χ1n) is 19.7. The second-order valence-corrected chi connectivity index (χ2v) is 13.4. The van der Waals surface area contributed by atoms with E-state index in [9.17, 15) is 30.0 Å². The van der Waals surface area contributed by atoms with Crippen LogP contribution in [0.4, 0.5) is 0 Å². The molecule has 1 rings (SSSR count). The summed E-state index contributed by atoms with van der Waals surface area (Å²) in [4.78, 5) is 25.1. The Morgan fingerprint density at radius 3 is 1.71 bits per heavy atom. The van der Waals surface area contributed by atoms with Gasteiger partial charge in [0.2, 0.25) is 0 Å². The van der Waals surface area contributed by atoms with Crippen molar-refractivity contribution in [3.8, 4) is 0 Å². The number of esters is 2. The minimum Gasteiger partial charge on any atom is -0.462 e. The average Bonchev–Trinajstić information content (AvgIpc) is 3.13. The third-order valence-electron chi connectivity index (χ3n) is 8.72. The van der Waals surface area contributed by atoms with E-state index in [4.69, 9.17) is 18.9 Å². The number of aliphatic hydroxyl groups excluding tert-OH is 4. The van der Waals surface area contributed by atoms with Crippen LogP contribution in [-0.2, 0) is 28.5 Å². The van der Waals surface area contributed by atoms with Crippen molar-refractivity contribution in [1.29, 1.82) is 0 Å². The van der Waals surface area contributed by atoms with Gasteiger partial charge in [-0.25, -0.2) is 0 Å². The normalized spacial score (nSPS) is 21.7. The number of hydrogen-bond donors (Lipinski definition) is 4. The van der Waals surface area contributed by atoms with Gasteiger partial charge in [0, 0.05) is 12.8 Å². The first-order valence-corrected chi connectivity index (χ1v) is 19.7. The zero-order valence-electron chi connectivity index (χ0n) is 31.6. The highest BCUT2D eigenvalue weighted by molar-refractivity contribution is 5.70. The van der Waals surface area contributed by atoms with Gasteiger partial charge in [-0.15, -0.1) is 0 Å². The quantitative estimate of drug-likeness (QED) is 0.0325. The molecule has 10 heteroatoms. The third kappa shape index (κ3) is 24.5. The molecule has 2 unspecified atom stereocenters. The van der Waals surface area contributed by atoms with Crippen LogP contribution in [0.2, 0.25) is 0 Å². The van der Waals surface area contributed by atoms with E-state index in [2.05, 4.69) is 56.4 Å². The lowest BCUT2D eigenvalue weighted by Gasteiger charge is -2.39. The van der Waals surface area contributed by atoms with Crippen LogP contribution in [-0.4, -0.2) is 89.0 Å². The van der Waals surface area contributed by atoms with E-state index in [1.165, 1.54) is 57.8 Å². The van der Waals surface area contributed by atoms with Crippen molar-refractivity contribution >= 4 is 11.9 Å². The van der Waals surface area contributed by atoms with Crippen LogP contribution in [0.15, 0.2) is 48.6 Å². The van der Waals surface area contributed by atoms with Gasteiger partial charge >= 0.3 is 11.9 Å². The summed E-state index contributed by atoms with van der Waals surface area (Å²) < 4.78 is 22.0. The summed E-state index contributed by atoms with van der Waals surface area (Å²) in [5, 5.41) is 39.9. The van der Waals surface area contributed by atoms with Gasteiger partial charge in [0.05, 0.1) is 13.2 Å². The molecule has 51 heavy (non-hydrogen) atoms. The maximum Gasteiger partial charge on any atom is 0.306 e. The molecule has 0 amide bonds. The lowest BCUT2D eigenvalue weighted by Crippen LogP contribution is -2.59. The summed E-state index contributed by atoms with van der Waals surface area (Å²) in [6.07, 6.45) is 28.5. The molecule has 1 aliphatic rings. The van der Waals surface area contributed by atoms with Gasteiger partial charge in [-0.1, -0.05) is 127 Å². The maximum absolute atomic E-state index is 12.6. The number of carbonyl (C=O) groups excluding carboxylic acids is 2. The molecule has 1 aliphatic heterocycles. The van der Waals surface area contributed by atoms with Crippen molar-refractivity contribution in [2.45, 2.75) is 179 Å². The lowest BCUT2D eigenvalue weighted by molar-refractivity contribution is -0.305. The van der Waals surface area contributed by atoms with E-state index in [-0.39, 0.29) is 26.1 Å². The van der Waals surface area contributed by atoms with Crippen LogP contribution in [0.3, 0.4) is 0 Å². The Morgan fingerprint density at radius 1 is 0.608 bits per heavy atom. The highest BCUT2D eigenvalue weighted by Gasteiger charge is 2.44. The molecule has 4 N–H and O–H groups in total. The van der Waals surface area contributed by atoms with Crippen molar-refractivity contribution < 1.29 is 49.0 Å². The van der Waals surface area contributed by atoms with Gasteiger partial charge in [0.1, 0.15) is 31.0 Å². The second kappa shape index (κ2) is 32.3. The third-order valence-corrected chi connectivity index (χ3v) is 8.72. The molecule has 0 aromatic heterocycles. The van der Waals surface area contributed by atoms with Gasteiger partial charge in [-0.05, 0) is 51.4 Å². The number of unbranched alkanes of at least 4 members (excludes halogenated alkanes) is 12. The maximum atomic E-state index is 12.6. The number of aliphatic hydroxyl groups is 4. The summed E-state index contributed by atoms with van der Waals surface area (Å²) in [5.74, 6) is -0.879. The number of ether oxygens (including phenoxy) is 4. The topological polar surface area (TPSA) is 152 Å². The van der Waals surface area contributed by atoms with Gasteiger partial charge in [-0.2, -0.15) is 0 Å². The first-order chi connectivity index (χ1) is 24.8. The molecular formula is C41H70O10. The second-order valence-electron chi connectivity index (χ2n) is 13.4. The molecule has 294 valence electrons. The van der Waals surface area contributed by atoms with E-state index in [1.54, 1.807) is 0 Å². The van der Waals surface area contributed by atoms with E-state index >= 15 is 0 Å². The molecule has 0 radical (unpaired) electrons. The SMILES string of the molecule is CCCCC/C=C/C/C=C/C/C=C/C/C=C/CCCC(=O)OC[C@@H](CO[C@H]1O[C@@H](CO)[C@@H](O)C(O)C1O)OC(=O)CCCCCCCCCCC. The number of hydrogen-bond acceptors (Lipinski definition) is 10. The fourth-order valence-electron chi connectivity index (χ4n) is 5.53. The Kier molecular flexibility index (Phi) is 29.6. The molecule has 6 atom stereocenters. The lowest BCUT2D eigenvalue weighted by atomic mass is 9.99.